The Labute approximate surface area is 196 Å². The Morgan fingerprint density at radius 3 is 2.44 bits per heavy atom. The molecule has 2 heterocycles. The summed E-state index contributed by atoms with van der Waals surface area (Å²) in [5.74, 6) is -1.14. The molecule has 0 saturated heterocycles. The monoisotopic (exact) mass is 467 g/mol. The third-order valence-corrected chi connectivity index (χ3v) is 5.76. The van der Waals surface area contributed by atoms with E-state index in [1.165, 1.54) is 41.5 Å². The number of carbonyl (C=O) groups excluding carboxylic acids is 3. The Balaban J connectivity index is 1.65. The quantitative estimate of drug-likeness (QED) is 0.523. The van der Waals surface area contributed by atoms with Crippen LogP contribution in [0.2, 0.25) is 0 Å². The molecule has 1 atom stereocenters. The van der Waals surface area contributed by atoms with E-state index in [1.54, 1.807) is 25.1 Å². The molecule has 34 heavy (non-hydrogen) atoms. The molecule has 1 aliphatic rings. The molecule has 9 heteroatoms. The van der Waals surface area contributed by atoms with E-state index < -0.39 is 36.1 Å². The minimum Gasteiger partial charge on any atom is -0.464 e. The Morgan fingerprint density at radius 2 is 1.82 bits per heavy atom. The highest BCUT2D eigenvalue weighted by Crippen LogP contribution is 2.30. The predicted octanol–water partition coefficient (Wildman–Crippen LogP) is 3.88. The molecule has 3 amide bonds. The molecule has 178 valence electrons. The number of nitrogens with zero attached hydrogens (tertiary/aromatic N) is 1. The number of halogens is 1. The van der Waals surface area contributed by atoms with Crippen molar-refractivity contribution in [2.45, 2.75) is 44.7 Å². The maximum absolute atomic E-state index is 13.7. The molecule has 4 rings (SSSR count). The van der Waals surface area contributed by atoms with E-state index in [0.29, 0.717) is 11.4 Å². The molecular formula is C25H26FN3O5. The third-order valence-electron chi connectivity index (χ3n) is 5.76. The van der Waals surface area contributed by atoms with Crippen molar-refractivity contribution in [3.05, 3.63) is 77.9 Å². The van der Waals surface area contributed by atoms with Crippen molar-refractivity contribution in [2.75, 3.05) is 11.4 Å². The average molecular weight is 467 g/mol. The molecule has 2 aromatic heterocycles. The van der Waals surface area contributed by atoms with Crippen molar-refractivity contribution in [3.63, 3.8) is 0 Å². The van der Waals surface area contributed by atoms with Gasteiger partial charge in [0.15, 0.2) is 11.8 Å². The fourth-order valence-corrected chi connectivity index (χ4v) is 4.10. The number of aryl methyl sites for hydroxylation is 1. The van der Waals surface area contributed by atoms with Gasteiger partial charge in [-0.25, -0.2) is 4.39 Å². The van der Waals surface area contributed by atoms with Gasteiger partial charge >= 0.3 is 0 Å². The maximum Gasteiger partial charge on any atom is 0.287 e. The van der Waals surface area contributed by atoms with Gasteiger partial charge < -0.3 is 19.5 Å². The van der Waals surface area contributed by atoms with Gasteiger partial charge in [0.1, 0.15) is 17.3 Å². The van der Waals surface area contributed by atoms with E-state index in [-0.39, 0.29) is 17.6 Å². The first-order valence-electron chi connectivity index (χ1n) is 11.2. The van der Waals surface area contributed by atoms with E-state index >= 15 is 0 Å². The van der Waals surface area contributed by atoms with Crippen LogP contribution in [0.25, 0.3) is 0 Å². The highest BCUT2D eigenvalue weighted by molar-refractivity contribution is 6.04. The van der Waals surface area contributed by atoms with Crippen LogP contribution >= 0.6 is 0 Å². The zero-order valence-corrected chi connectivity index (χ0v) is 18.8. The van der Waals surface area contributed by atoms with E-state index in [2.05, 4.69) is 10.6 Å². The molecule has 0 radical (unpaired) electrons. The second kappa shape index (κ2) is 10.4. The van der Waals surface area contributed by atoms with Crippen LogP contribution in [0, 0.1) is 12.7 Å². The molecule has 0 aliphatic heterocycles. The van der Waals surface area contributed by atoms with Crippen LogP contribution < -0.4 is 15.5 Å². The molecule has 1 aliphatic carbocycles. The number of anilines is 1. The number of rotatable bonds is 8. The third kappa shape index (κ3) is 5.36. The van der Waals surface area contributed by atoms with Gasteiger partial charge in [0.2, 0.25) is 5.91 Å². The number of benzene rings is 1. The van der Waals surface area contributed by atoms with Crippen molar-refractivity contribution in [3.8, 4) is 0 Å². The van der Waals surface area contributed by atoms with Crippen molar-refractivity contribution in [1.82, 2.24) is 10.6 Å². The summed E-state index contributed by atoms with van der Waals surface area (Å²) >= 11 is 0. The van der Waals surface area contributed by atoms with E-state index in [4.69, 9.17) is 8.83 Å². The number of hydrogen-bond donors (Lipinski definition) is 2. The summed E-state index contributed by atoms with van der Waals surface area (Å²) in [5.41, 5.74) is 0.291. The number of furan rings is 2. The molecule has 1 unspecified atom stereocenters. The molecule has 8 nitrogen and oxygen atoms in total. The number of hydrogen-bond acceptors (Lipinski definition) is 5. The second-order valence-electron chi connectivity index (χ2n) is 8.24. The minimum absolute atomic E-state index is 0.00915. The SMILES string of the molecule is Cc1ccc(C(C(=O)NC2CCCC2)N(C(=O)CNC(=O)c2ccco2)c2ccc(F)cc2)o1. The Hall–Kier alpha value is -3.88. The minimum atomic E-state index is -1.15. The van der Waals surface area contributed by atoms with Crippen LogP contribution in [0.3, 0.4) is 0 Å². The van der Waals surface area contributed by atoms with Crippen molar-refractivity contribution in [1.29, 1.82) is 0 Å². The second-order valence-corrected chi connectivity index (χ2v) is 8.24. The summed E-state index contributed by atoms with van der Waals surface area (Å²) in [7, 11) is 0. The van der Waals surface area contributed by atoms with Crippen LogP contribution in [0.5, 0.6) is 0 Å². The van der Waals surface area contributed by atoms with Gasteiger partial charge in [-0.15, -0.1) is 0 Å². The van der Waals surface area contributed by atoms with Crippen LogP contribution in [0.1, 0.15) is 53.8 Å². The highest BCUT2D eigenvalue weighted by Gasteiger charge is 2.36. The number of nitrogens with one attached hydrogen (secondary N) is 2. The van der Waals surface area contributed by atoms with Gasteiger partial charge in [-0.1, -0.05) is 12.8 Å². The fraction of sp³-hybridized carbons (Fsp3) is 0.320. The van der Waals surface area contributed by atoms with Crippen LogP contribution in [-0.2, 0) is 9.59 Å². The zero-order valence-electron chi connectivity index (χ0n) is 18.8. The largest absolute Gasteiger partial charge is 0.464 e. The van der Waals surface area contributed by atoms with Crippen LogP contribution in [0.4, 0.5) is 10.1 Å². The van der Waals surface area contributed by atoms with Crippen LogP contribution in [0.15, 0.2) is 63.6 Å². The number of carbonyl (C=O) groups is 3. The molecular weight excluding hydrogens is 441 g/mol. The lowest BCUT2D eigenvalue weighted by molar-refractivity contribution is -0.127. The standard InChI is InChI=1S/C25H26FN3O5/c1-16-8-13-20(34-16)23(25(32)28-18-5-2-3-6-18)29(19-11-9-17(26)10-12-19)22(30)15-27-24(31)21-7-4-14-33-21/h4,7-14,18,23H,2-3,5-6,15H2,1H3,(H,27,31)(H,28,32). The fourth-order valence-electron chi connectivity index (χ4n) is 4.10. The summed E-state index contributed by atoms with van der Waals surface area (Å²) in [6, 6.07) is 10.5. The maximum atomic E-state index is 13.7. The Morgan fingerprint density at radius 1 is 1.09 bits per heavy atom. The Kier molecular flexibility index (Phi) is 7.10. The average Bonchev–Trinajstić information content (AvgIpc) is 3.60. The lowest BCUT2D eigenvalue weighted by Gasteiger charge is -2.31. The van der Waals surface area contributed by atoms with Gasteiger partial charge in [-0.3, -0.25) is 19.3 Å². The van der Waals surface area contributed by atoms with Gasteiger partial charge in [0.05, 0.1) is 12.8 Å². The number of amides is 3. The van der Waals surface area contributed by atoms with Gasteiger partial charge in [0, 0.05) is 11.7 Å². The van der Waals surface area contributed by atoms with Crippen molar-refractivity contribution >= 4 is 23.4 Å². The van der Waals surface area contributed by atoms with Gasteiger partial charge in [-0.2, -0.15) is 0 Å². The van der Waals surface area contributed by atoms with Crippen molar-refractivity contribution < 1.29 is 27.6 Å². The summed E-state index contributed by atoms with van der Waals surface area (Å²) in [5, 5.41) is 5.53. The first kappa shape index (κ1) is 23.3. The van der Waals surface area contributed by atoms with E-state index in [9.17, 15) is 18.8 Å². The lowest BCUT2D eigenvalue weighted by Crippen LogP contribution is -2.49. The van der Waals surface area contributed by atoms with E-state index in [0.717, 1.165) is 25.7 Å². The summed E-state index contributed by atoms with van der Waals surface area (Å²) in [4.78, 5) is 40.4. The highest BCUT2D eigenvalue weighted by atomic mass is 19.1. The Bertz CT molecular complexity index is 1130. The lowest BCUT2D eigenvalue weighted by atomic mass is 10.1. The molecule has 1 saturated carbocycles. The summed E-state index contributed by atoms with van der Waals surface area (Å²) in [6.45, 7) is 1.33. The van der Waals surface area contributed by atoms with E-state index in [1.807, 2.05) is 0 Å². The molecule has 3 aromatic rings. The molecule has 0 bridgehead atoms. The molecule has 1 fully saturated rings. The summed E-state index contributed by atoms with van der Waals surface area (Å²) < 4.78 is 24.5. The summed E-state index contributed by atoms with van der Waals surface area (Å²) in [6.07, 6.45) is 5.12. The smallest absolute Gasteiger partial charge is 0.287 e. The first-order chi connectivity index (χ1) is 16.4. The van der Waals surface area contributed by atoms with Crippen LogP contribution in [-0.4, -0.2) is 30.3 Å². The normalized spacial score (nSPS) is 14.5. The van der Waals surface area contributed by atoms with Gasteiger partial charge in [-0.05, 0) is 68.3 Å². The van der Waals surface area contributed by atoms with Crippen molar-refractivity contribution in [2.24, 2.45) is 0 Å². The van der Waals surface area contributed by atoms with Gasteiger partial charge in [0.25, 0.3) is 11.8 Å². The zero-order chi connectivity index (χ0) is 24.1. The predicted molar refractivity (Wildman–Crippen MR) is 122 cm³/mol. The topological polar surface area (TPSA) is 105 Å². The first-order valence-corrected chi connectivity index (χ1v) is 11.2. The molecule has 2 N–H and O–H groups in total. The molecule has 0 spiro atoms. The molecule has 1 aromatic carbocycles.